The van der Waals surface area contributed by atoms with E-state index in [1.807, 2.05) is 24.3 Å². The molecule has 2 atom stereocenters. The van der Waals surface area contributed by atoms with Gasteiger partial charge in [0, 0.05) is 17.9 Å². The third kappa shape index (κ3) is 2.76. The van der Waals surface area contributed by atoms with Gasteiger partial charge in [0.05, 0.1) is 6.61 Å². The molecule has 0 amide bonds. The topological polar surface area (TPSA) is 30.5 Å². The van der Waals surface area contributed by atoms with E-state index in [2.05, 4.69) is 19.3 Å². The van der Waals surface area contributed by atoms with Crippen LogP contribution in [-0.2, 0) is 0 Å². The highest BCUT2D eigenvalue weighted by molar-refractivity contribution is 5.32. The molecule has 0 heterocycles. The summed E-state index contributed by atoms with van der Waals surface area (Å²) in [6.45, 7) is 2.89. The number of rotatable bonds is 6. The lowest BCUT2D eigenvalue weighted by atomic mass is 9.60. The molecule has 2 saturated carbocycles. The Labute approximate surface area is 128 Å². The summed E-state index contributed by atoms with van der Waals surface area (Å²) < 4.78 is 11.9. The molecular weight excluding hydrogens is 262 g/mol. The van der Waals surface area contributed by atoms with Gasteiger partial charge < -0.3 is 14.8 Å². The van der Waals surface area contributed by atoms with Gasteiger partial charge in [-0.25, -0.2) is 0 Å². The number of ether oxygens (including phenoxy) is 2. The molecule has 0 aliphatic heterocycles. The van der Waals surface area contributed by atoms with Crippen molar-refractivity contribution in [2.45, 2.75) is 57.6 Å². The minimum Gasteiger partial charge on any atom is -0.494 e. The summed E-state index contributed by atoms with van der Waals surface area (Å²) in [7, 11) is 2.08. The van der Waals surface area contributed by atoms with Gasteiger partial charge >= 0.3 is 0 Å². The standard InChI is InChI=1S/C18H27NO2/c1-3-12-20-14-6-8-15(9-7-14)21-17-13-16(19-2)18(17)10-4-5-11-18/h6-9,16-17,19H,3-5,10-13H2,1-2H3. The lowest BCUT2D eigenvalue weighted by Gasteiger charge is -2.53. The molecule has 2 aliphatic rings. The van der Waals surface area contributed by atoms with Crippen molar-refractivity contribution in [2.75, 3.05) is 13.7 Å². The fourth-order valence-electron chi connectivity index (χ4n) is 4.02. The lowest BCUT2D eigenvalue weighted by molar-refractivity contribution is -0.0736. The monoisotopic (exact) mass is 289 g/mol. The molecule has 2 aliphatic carbocycles. The second-order valence-electron chi connectivity index (χ2n) is 6.44. The van der Waals surface area contributed by atoms with Crippen molar-refractivity contribution in [1.82, 2.24) is 5.32 Å². The first-order valence-electron chi connectivity index (χ1n) is 8.35. The summed E-state index contributed by atoms with van der Waals surface area (Å²) in [6.07, 6.45) is 7.85. The maximum Gasteiger partial charge on any atom is 0.120 e. The van der Waals surface area contributed by atoms with Crippen molar-refractivity contribution >= 4 is 0 Å². The molecule has 1 spiro atoms. The average molecular weight is 289 g/mol. The van der Waals surface area contributed by atoms with Crippen LogP contribution in [0.4, 0.5) is 0 Å². The molecule has 1 aromatic carbocycles. The smallest absolute Gasteiger partial charge is 0.120 e. The van der Waals surface area contributed by atoms with E-state index in [-0.39, 0.29) is 0 Å². The predicted molar refractivity (Wildman–Crippen MR) is 85.0 cm³/mol. The Morgan fingerprint density at radius 2 is 1.81 bits per heavy atom. The molecule has 0 saturated heterocycles. The van der Waals surface area contributed by atoms with Gasteiger partial charge in [-0.2, -0.15) is 0 Å². The minimum atomic E-state index is 0.375. The van der Waals surface area contributed by atoms with Crippen LogP contribution in [0, 0.1) is 5.41 Å². The van der Waals surface area contributed by atoms with Crippen LogP contribution >= 0.6 is 0 Å². The van der Waals surface area contributed by atoms with Crippen LogP contribution in [0.5, 0.6) is 11.5 Å². The first-order chi connectivity index (χ1) is 10.3. The van der Waals surface area contributed by atoms with Crippen molar-refractivity contribution < 1.29 is 9.47 Å². The molecule has 0 bridgehead atoms. The van der Waals surface area contributed by atoms with Crippen molar-refractivity contribution in [3.05, 3.63) is 24.3 Å². The van der Waals surface area contributed by atoms with Crippen molar-refractivity contribution in [3.8, 4) is 11.5 Å². The summed E-state index contributed by atoms with van der Waals surface area (Å²) in [4.78, 5) is 0. The summed E-state index contributed by atoms with van der Waals surface area (Å²) >= 11 is 0. The maximum atomic E-state index is 6.28. The van der Waals surface area contributed by atoms with Crippen molar-refractivity contribution in [2.24, 2.45) is 5.41 Å². The summed E-state index contributed by atoms with van der Waals surface area (Å²) in [5.41, 5.74) is 0.381. The highest BCUT2D eigenvalue weighted by Gasteiger charge is 2.56. The van der Waals surface area contributed by atoms with E-state index in [9.17, 15) is 0 Å². The SMILES string of the molecule is CCCOc1ccc(OC2CC(NC)C23CCCC3)cc1. The molecular formula is C18H27NO2. The fourth-order valence-corrected chi connectivity index (χ4v) is 4.02. The second kappa shape index (κ2) is 6.27. The van der Waals surface area contributed by atoms with E-state index < -0.39 is 0 Å². The molecule has 21 heavy (non-hydrogen) atoms. The predicted octanol–water partition coefficient (Wildman–Crippen LogP) is 3.77. The Morgan fingerprint density at radius 1 is 1.14 bits per heavy atom. The lowest BCUT2D eigenvalue weighted by Crippen LogP contribution is -2.63. The minimum absolute atomic E-state index is 0.375. The zero-order valence-electron chi connectivity index (χ0n) is 13.2. The Bertz CT molecular complexity index is 451. The van der Waals surface area contributed by atoms with Crippen LogP contribution in [0.15, 0.2) is 24.3 Å². The van der Waals surface area contributed by atoms with Crippen molar-refractivity contribution in [3.63, 3.8) is 0 Å². The van der Waals surface area contributed by atoms with Crippen LogP contribution in [0.3, 0.4) is 0 Å². The second-order valence-corrected chi connectivity index (χ2v) is 6.44. The van der Waals surface area contributed by atoms with Crippen LogP contribution in [-0.4, -0.2) is 25.8 Å². The Morgan fingerprint density at radius 3 is 2.43 bits per heavy atom. The first kappa shape index (κ1) is 14.7. The van der Waals surface area contributed by atoms with E-state index in [0.29, 0.717) is 17.6 Å². The van der Waals surface area contributed by atoms with Gasteiger partial charge in [-0.1, -0.05) is 19.8 Å². The van der Waals surface area contributed by atoms with Gasteiger partial charge in [-0.15, -0.1) is 0 Å². The number of benzene rings is 1. The van der Waals surface area contributed by atoms with Gasteiger partial charge in [-0.05, 0) is 50.6 Å². The third-order valence-electron chi connectivity index (χ3n) is 5.24. The molecule has 0 radical (unpaired) electrons. The van der Waals surface area contributed by atoms with Gasteiger partial charge in [0.25, 0.3) is 0 Å². The molecule has 3 heteroatoms. The van der Waals surface area contributed by atoms with E-state index in [0.717, 1.165) is 30.9 Å². The summed E-state index contributed by atoms with van der Waals surface area (Å²) in [5, 5.41) is 3.48. The molecule has 2 unspecified atom stereocenters. The van der Waals surface area contributed by atoms with Gasteiger partial charge in [0.2, 0.25) is 0 Å². The zero-order chi connectivity index (χ0) is 14.7. The highest BCUT2D eigenvalue weighted by Crippen LogP contribution is 2.54. The summed E-state index contributed by atoms with van der Waals surface area (Å²) in [6, 6.07) is 8.75. The maximum absolute atomic E-state index is 6.28. The van der Waals surface area contributed by atoms with Gasteiger partial charge in [0.1, 0.15) is 17.6 Å². The van der Waals surface area contributed by atoms with E-state index >= 15 is 0 Å². The molecule has 116 valence electrons. The fraction of sp³-hybridized carbons (Fsp3) is 0.667. The Hall–Kier alpha value is -1.22. The van der Waals surface area contributed by atoms with Crippen molar-refractivity contribution in [1.29, 1.82) is 0 Å². The zero-order valence-corrected chi connectivity index (χ0v) is 13.2. The average Bonchev–Trinajstić information content (AvgIpc) is 3.03. The van der Waals surface area contributed by atoms with E-state index in [4.69, 9.17) is 9.47 Å². The Kier molecular flexibility index (Phi) is 4.39. The summed E-state index contributed by atoms with van der Waals surface area (Å²) in [5.74, 6) is 1.91. The van der Waals surface area contributed by atoms with Crippen LogP contribution in [0.1, 0.15) is 45.4 Å². The Balaban J connectivity index is 1.61. The van der Waals surface area contributed by atoms with Crippen LogP contribution < -0.4 is 14.8 Å². The number of nitrogens with one attached hydrogen (secondary N) is 1. The molecule has 2 fully saturated rings. The molecule has 3 rings (SSSR count). The van der Waals surface area contributed by atoms with Gasteiger partial charge in [0.15, 0.2) is 0 Å². The van der Waals surface area contributed by atoms with Crippen LogP contribution in [0.2, 0.25) is 0 Å². The molecule has 1 N–H and O–H groups in total. The number of hydrogen-bond donors (Lipinski definition) is 1. The molecule has 0 aromatic heterocycles. The quantitative estimate of drug-likeness (QED) is 0.864. The number of hydrogen-bond acceptors (Lipinski definition) is 3. The third-order valence-corrected chi connectivity index (χ3v) is 5.24. The molecule has 1 aromatic rings. The highest BCUT2D eigenvalue weighted by atomic mass is 16.5. The van der Waals surface area contributed by atoms with Gasteiger partial charge in [-0.3, -0.25) is 0 Å². The first-order valence-corrected chi connectivity index (χ1v) is 8.35. The molecule has 3 nitrogen and oxygen atoms in total. The normalized spacial score (nSPS) is 26.6. The largest absolute Gasteiger partial charge is 0.494 e. The van der Waals surface area contributed by atoms with E-state index in [1.54, 1.807) is 0 Å². The van der Waals surface area contributed by atoms with E-state index in [1.165, 1.54) is 25.7 Å². The van der Waals surface area contributed by atoms with Crippen LogP contribution in [0.25, 0.3) is 0 Å².